The Morgan fingerprint density at radius 2 is 2.00 bits per heavy atom. The first-order chi connectivity index (χ1) is 10.4. The van der Waals surface area contributed by atoms with Crippen molar-refractivity contribution in [3.8, 4) is 0 Å². The zero-order valence-corrected chi connectivity index (χ0v) is 12.9. The molecule has 1 fully saturated rings. The standard InChI is InChI=1S/C17H23F2NO2/c1-12(4-5-13-6-7-14(18)15(19)10-13)20-16(21)11-17(22)8-2-3-9-17/h6-7,10,12,22H,2-5,8-9,11H2,1H3,(H,20,21). The number of rotatable bonds is 6. The molecule has 1 aliphatic rings. The minimum absolute atomic E-state index is 0.0781. The second-order valence-electron chi connectivity index (χ2n) is 6.36. The molecule has 0 radical (unpaired) electrons. The summed E-state index contributed by atoms with van der Waals surface area (Å²) in [5.74, 6) is -1.85. The van der Waals surface area contributed by atoms with Crippen LogP contribution in [0.3, 0.4) is 0 Å². The van der Waals surface area contributed by atoms with Gasteiger partial charge in [-0.25, -0.2) is 8.78 Å². The number of hydrogen-bond donors (Lipinski definition) is 2. The van der Waals surface area contributed by atoms with Crippen LogP contribution in [-0.4, -0.2) is 22.7 Å². The Labute approximate surface area is 129 Å². The second-order valence-corrected chi connectivity index (χ2v) is 6.36. The Morgan fingerprint density at radius 3 is 2.64 bits per heavy atom. The SMILES string of the molecule is CC(CCc1ccc(F)c(F)c1)NC(=O)CC1(O)CCCC1. The Balaban J connectivity index is 1.76. The maximum absolute atomic E-state index is 13.1. The summed E-state index contributed by atoms with van der Waals surface area (Å²) in [6.45, 7) is 1.87. The van der Waals surface area contributed by atoms with Crippen LogP contribution < -0.4 is 5.32 Å². The van der Waals surface area contributed by atoms with Crippen molar-refractivity contribution in [2.75, 3.05) is 0 Å². The number of benzene rings is 1. The van der Waals surface area contributed by atoms with Gasteiger partial charge in [0.1, 0.15) is 0 Å². The molecule has 1 atom stereocenters. The van der Waals surface area contributed by atoms with E-state index in [9.17, 15) is 18.7 Å². The third-order valence-electron chi connectivity index (χ3n) is 4.28. The van der Waals surface area contributed by atoms with Gasteiger partial charge in [0.2, 0.25) is 5.91 Å². The van der Waals surface area contributed by atoms with Gasteiger partial charge in [-0.2, -0.15) is 0 Å². The van der Waals surface area contributed by atoms with Crippen molar-refractivity contribution in [3.05, 3.63) is 35.4 Å². The van der Waals surface area contributed by atoms with Crippen LogP contribution in [0.2, 0.25) is 0 Å². The second kappa shape index (κ2) is 7.18. The van der Waals surface area contributed by atoms with E-state index in [0.717, 1.165) is 18.9 Å². The van der Waals surface area contributed by atoms with Crippen molar-refractivity contribution in [3.63, 3.8) is 0 Å². The molecule has 5 heteroatoms. The molecule has 1 amide bonds. The minimum Gasteiger partial charge on any atom is -0.389 e. The van der Waals surface area contributed by atoms with Gasteiger partial charge in [-0.1, -0.05) is 18.9 Å². The van der Waals surface area contributed by atoms with E-state index in [1.54, 1.807) is 6.07 Å². The van der Waals surface area contributed by atoms with Crippen LogP contribution >= 0.6 is 0 Å². The highest BCUT2D eigenvalue weighted by Crippen LogP contribution is 2.32. The van der Waals surface area contributed by atoms with Gasteiger partial charge in [0.15, 0.2) is 11.6 Å². The Hall–Kier alpha value is -1.49. The van der Waals surface area contributed by atoms with Gasteiger partial charge >= 0.3 is 0 Å². The first kappa shape index (κ1) is 16.9. The molecular weight excluding hydrogens is 288 g/mol. The van der Waals surface area contributed by atoms with Crippen LogP contribution in [0.5, 0.6) is 0 Å². The summed E-state index contributed by atoms with van der Waals surface area (Å²) in [5.41, 5.74) is -0.140. The molecule has 1 aromatic rings. The van der Waals surface area contributed by atoms with E-state index in [1.165, 1.54) is 6.07 Å². The topological polar surface area (TPSA) is 49.3 Å². The predicted octanol–water partition coefficient (Wildman–Crippen LogP) is 3.10. The molecule has 0 spiro atoms. The molecule has 0 aliphatic heterocycles. The van der Waals surface area contributed by atoms with Gasteiger partial charge in [0.25, 0.3) is 0 Å². The van der Waals surface area contributed by atoms with Crippen molar-refractivity contribution in [1.82, 2.24) is 5.32 Å². The average Bonchev–Trinajstić information content (AvgIpc) is 2.86. The molecule has 1 unspecified atom stereocenters. The fraction of sp³-hybridized carbons (Fsp3) is 0.588. The average molecular weight is 311 g/mol. The molecule has 3 nitrogen and oxygen atoms in total. The highest BCUT2D eigenvalue weighted by molar-refractivity contribution is 5.77. The Kier molecular flexibility index (Phi) is 5.51. The van der Waals surface area contributed by atoms with Crippen molar-refractivity contribution in [2.45, 2.75) is 63.5 Å². The molecule has 22 heavy (non-hydrogen) atoms. The lowest BCUT2D eigenvalue weighted by molar-refractivity contribution is -0.126. The van der Waals surface area contributed by atoms with Gasteiger partial charge < -0.3 is 10.4 Å². The van der Waals surface area contributed by atoms with Gasteiger partial charge in [0.05, 0.1) is 12.0 Å². The zero-order chi connectivity index (χ0) is 16.2. The van der Waals surface area contributed by atoms with Gasteiger partial charge in [-0.05, 0) is 50.3 Å². The molecule has 0 saturated heterocycles. The Bertz CT molecular complexity index is 527. The molecular formula is C17H23F2NO2. The van der Waals surface area contributed by atoms with Crippen LogP contribution in [0, 0.1) is 11.6 Å². The lowest BCUT2D eigenvalue weighted by Gasteiger charge is -2.22. The van der Waals surface area contributed by atoms with Gasteiger partial charge in [0, 0.05) is 6.04 Å². The maximum Gasteiger partial charge on any atom is 0.223 e. The summed E-state index contributed by atoms with van der Waals surface area (Å²) in [6.07, 6.45) is 4.64. The van der Waals surface area contributed by atoms with Gasteiger partial charge in [-0.15, -0.1) is 0 Å². The number of amides is 1. The van der Waals surface area contributed by atoms with E-state index < -0.39 is 17.2 Å². The van der Waals surface area contributed by atoms with Crippen molar-refractivity contribution < 1.29 is 18.7 Å². The molecule has 0 aromatic heterocycles. The molecule has 2 rings (SSSR count). The van der Waals surface area contributed by atoms with Crippen LogP contribution in [0.15, 0.2) is 18.2 Å². The van der Waals surface area contributed by atoms with E-state index in [4.69, 9.17) is 0 Å². The smallest absolute Gasteiger partial charge is 0.223 e. The van der Waals surface area contributed by atoms with Crippen LogP contribution in [0.1, 0.15) is 51.0 Å². The summed E-state index contributed by atoms with van der Waals surface area (Å²) in [5, 5.41) is 13.1. The summed E-state index contributed by atoms with van der Waals surface area (Å²) in [6, 6.07) is 3.77. The molecule has 1 saturated carbocycles. The van der Waals surface area contributed by atoms with Crippen molar-refractivity contribution >= 4 is 5.91 Å². The molecule has 122 valence electrons. The number of aryl methyl sites for hydroxylation is 1. The monoisotopic (exact) mass is 311 g/mol. The molecule has 2 N–H and O–H groups in total. The van der Waals surface area contributed by atoms with E-state index in [1.807, 2.05) is 6.92 Å². The Morgan fingerprint density at radius 1 is 1.32 bits per heavy atom. The summed E-state index contributed by atoms with van der Waals surface area (Å²) in [4.78, 5) is 11.9. The summed E-state index contributed by atoms with van der Waals surface area (Å²) < 4.78 is 26.0. The number of halogens is 2. The highest BCUT2D eigenvalue weighted by Gasteiger charge is 2.33. The van der Waals surface area contributed by atoms with Crippen LogP contribution in [0.25, 0.3) is 0 Å². The van der Waals surface area contributed by atoms with E-state index in [0.29, 0.717) is 31.2 Å². The molecule has 0 heterocycles. The number of aliphatic hydroxyl groups is 1. The number of carbonyl (C=O) groups is 1. The molecule has 0 bridgehead atoms. The third-order valence-corrected chi connectivity index (χ3v) is 4.28. The van der Waals surface area contributed by atoms with Crippen molar-refractivity contribution in [1.29, 1.82) is 0 Å². The fourth-order valence-electron chi connectivity index (χ4n) is 2.99. The molecule has 1 aromatic carbocycles. The largest absolute Gasteiger partial charge is 0.389 e. The van der Waals surface area contributed by atoms with E-state index >= 15 is 0 Å². The first-order valence-electron chi connectivity index (χ1n) is 7.84. The first-order valence-corrected chi connectivity index (χ1v) is 7.84. The maximum atomic E-state index is 13.1. The van der Waals surface area contributed by atoms with E-state index in [2.05, 4.69) is 5.32 Å². The number of carbonyl (C=O) groups excluding carboxylic acids is 1. The quantitative estimate of drug-likeness (QED) is 0.848. The zero-order valence-electron chi connectivity index (χ0n) is 12.9. The third kappa shape index (κ3) is 4.77. The number of hydrogen-bond acceptors (Lipinski definition) is 2. The predicted molar refractivity (Wildman–Crippen MR) is 80.3 cm³/mol. The highest BCUT2D eigenvalue weighted by atomic mass is 19.2. The van der Waals surface area contributed by atoms with Crippen LogP contribution in [0.4, 0.5) is 8.78 Å². The van der Waals surface area contributed by atoms with Crippen molar-refractivity contribution in [2.24, 2.45) is 0 Å². The van der Waals surface area contributed by atoms with Gasteiger partial charge in [-0.3, -0.25) is 4.79 Å². The lowest BCUT2D eigenvalue weighted by Crippen LogP contribution is -2.38. The fourth-order valence-corrected chi connectivity index (χ4v) is 2.99. The lowest BCUT2D eigenvalue weighted by atomic mass is 9.97. The normalized spacial score (nSPS) is 18.2. The molecule has 1 aliphatic carbocycles. The van der Waals surface area contributed by atoms with E-state index in [-0.39, 0.29) is 18.4 Å². The number of nitrogens with one attached hydrogen (secondary N) is 1. The van der Waals surface area contributed by atoms with Crippen LogP contribution in [-0.2, 0) is 11.2 Å². The summed E-state index contributed by atoms with van der Waals surface area (Å²) >= 11 is 0. The minimum atomic E-state index is -0.852. The summed E-state index contributed by atoms with van der Waals surface area (Å²) in [7, 11) is 0.